The Labute approximate surface area is 121 Å². The Bertz CT molecular complexity index is 705. The number of hydrogen-bond acceptors (Lipinski definition) is 2. The van der Waals surface area contributed by atoms with E-state index in [-0.39, 0.29) is 11.1 Å². The maximum absolute atomic E-state index is 13.3. The Kier molecular flexibility index (Phi) is 4.03. The van der Waals surface area contributed by atoms with E-state index in [4.69, 9.17) is 5.11 Å². The Balaban J connectivity index is 2.25. The summed E-state index contributed by atoms with van der Waals surface area (Å²) < 4.78 is 13.3. The topological polar surface area (TPSA) is 66.4 Å². The summed E-state index contributed by atoms with van der Waals surface area (Å²) in [6, 6.07) is 8.46. The van der Waals surface area contributed by atoms with E-state index >= 15 is 0 Å². The van der Waals surface area contributed by atoms with Crippen LogP contribution in [0, 0.1) is 19.7 Å². The first-order chi connectivity index (χ1) is 9.86. The number of carbonyl (C=O) groups excluding carboxylic acids is 1. The average molecular weight is 287 g/mol. The van der Waals surface area contributed by atoms with E-state index < -0.39 is 17.7 Å². The van der Waals surface area contributed by atoms with Gasteiger partial charge in [-0.15, -0.1) is 0 Å². The van der Waals surface area contributed by atoms with Gasteiger partial charge < -0.3 is 10.4 Å². The second-order valence-electron chi connectivity index (χ2n) is 4.81. The van der Waals surface area contributed by atoms with Gasteiger partial charge in [-0.25, -0.2) is 9.18 Å². The molecule has 2 aromatic rings. The monoisotopic (exact) mass is 287 g/mol. The molecule has 0 saturated carbocycles. The van der Waals surface area contributed by atoms with Crippen molar-refractivity contribution in [3.63, 3.8) is 0 Å². The van der Waals surface area contributed by atoms with E-state index in [2.05, 4.69) is 5.32 Å². The number of carboxylic acids is 1. The molecule has 0 aliphatic heterocycles. The number of nitrogens with one attached hydrogen (secondary N) is 1. The first-order valence-electron chi connectivity index (χ1n) is 6.29. The molecule has 21 heavy (non-hydrogen) atoms. The second-order valence-corrected chi connectivity index (χ2v) is 4.81. The zero-order valence-electron chi connectivity index (χ0n) is 11.6. The van der Waals surface area contributed by atoms with Crippen LogP contribution in [0.3, 0.4) is 0 Å². The molecule has 0 bridgehead atoms. The Morgan fingerprint density at radius 2 is 1.76 bits per heavy atom. The van der Waals surface area contributed by atoms with Crippen molar-refractivity contribution in [2.75, 3.05) is 5.32 Å². The number of aryl methyl sites for hydroxylation is 2. The summed E-state index contributed by atoms with van der Waals surface area (Å²) >= 11 is 0. The van der Waals surface area contributed by atoms with Crippen LogP contribution in [0.1, 0.15) is 31.8 Å². The lowest BCUT2D eigenvalue weighted by Gasteiger charge is -2.09. The Morgan fingerprint density at radius 1 is 1.05 bits per heavy atom. The van der Waals surface area contributed by atoms with E-state index in [1.807, 2.05) is 0 Å². The van der Waals surface area contributed by atoms with Crippen molar-refractivity contribution >= 4 is 17.6 Å². The lowest BCUT2D eigenvalue weighted by molar-refractivity contribution is 0.0696. The third kappa shape index (κ3) is 3.45. The number of halogens is 1. The summed E-state index contributed by atoms with van der Waals surface area (Å²) in [5.41, 5.74) is 2.13. The van der Waals surface area contributed by atoms with Crippen LogP contribution >= 0.6 is 0 Å². The van der Waals surface area contributed by atoms with Gasteiger partial charge in [-0.05, 0) is 61.4 Å². The van der Waals surface area contributed by atoms with Crippen LogP contribution in [0.15, 0.2) is 36.4 Å². The summed E-state index contributed by atoms with van der Waals surface area (Å²) in [5, 5.41) is 11.5. The normalized spacial score (nSPS) is 10.2. The molecule has 2 aromatic carbocycles. The van der Waals surface area contributed by atoms with Crippen molar-refractivity contribution in [1.82, 2.24) is 0 Å². The number of anilines is 1. The molecular weight excluding hydrogens is 273 g/mol. The largest absolute Gasteiger partial charge is 0.478 e. The summed E-state index contributed by atoms with van der Waals surface area (Å²) in [4.78, 5) is 22.9. The maximum atomic E-state index is 13.3. The fourth-order valence-corrected chi connectivity index (χ4v) is 2.00. The minimum Gasteiger partial charge on any atom is -0.478 e. The number of hydrogen-bond donors (Lipinski definition) is 2. The Morgan fingerprint density at radius 3 is 2.33 bits per heavy atom. The summed E-state index contributed by atoms with van der Waals surface area (Å²) in [6.07, 6.45) is 0. The predicted molar refractivity (Wildman–Crippen MR) is 77.2 cm³/mol. The van der Waals surface area contributed by atoms with Gasteiger partial charge in [-0.2, -0.15) is 0 Å². The molecule has 2 N–H and O–H groups in total. The van der Waals surface area contributed by atoms with Crippen LogP contribution in [0.25, 0.3) is 0 Å². The van der Waals surface area contributed by atoms with Gasteiger partial charge in [0.25, 0.3) is 5.91 Å². The molecule has 108 valence electrons. The second kappa shape index (κ2) is 5.75. The number of amides is 1. The summed E-state index contributed by atoms with van der Waals surface area (Å²) in [5.74, 6) is -1.95. The maximum Gasteiger partial charge on any atom is 0.335 e. The molecule has 2 rings (SSSR count). The minimum absolute atomic E-state index is 0.145. The molecule has 0 unspecified atom stereocenters. The summed E-state index contributed by atoms with van der Waals surface area (Å²) in [6.45, 7) is 3.39. The average Bonchev–Trinajstić information content (AvgIpc) is 2.39. The highest BCUT2D eigenvalue weighted by molar-refractivity contribution is 6.05. The SMILES string of the molecule is Cc1cc(F)cc(C(=O)Nc2ccc(C(=O)O)cc2C)c1. The summed E-state index contributed by atoms with van der Waals surface area (Å²) in [7, 11) is 0. The Hall–Kier alpha value is -2.69. The van der Waals surface area contributed by atoms with Crippen molar-refractivity contribution < 1.29 is 19.1 Å². The van der Waals surface area contributed by atoms with Crippen molar-refractivity contribution in [2.24, 2.45) is 0 Å². The minimum atomic E-state index is -1.03. The molecule has 0 aliphatic carbocycles. The van der Waals surface area contributed by atoms with E-state index in [0.29, 0.717) is 16.8 Å². The molecule has 5 heteroatoms. The molecule has 0 saturated heterocycles. The highest BCUT2D eigenvalue weighted by atomic mass is 19.1. The molecule has 0 radical (unpaired) electrons. The van der Waals surface area contributed by atoms with Gasteiger partial charge in [0.15, 0.2) is 0 Å². The zero-order valence-corrected chi connectivity index (χ0v) is 11.6. The molecule has 0 fully saturated rings. The fourth-order valence-electron chi connectivity index (χ4n) is 2.00. The van der Waals surface area contributed by atoms with Crippen molar-refractivity contribution in [3.05, 3.63) is 64.5 Å². The number of carboxylic acid groups (broad SMARTS) is 1. The molecular formula is C16H14FNO3. The number of benzene rings is 2. The number of carbonyl (C=O) groups is 2. The van der Waals surface area contributed by atoms with Crippen molar-refractivity contribution in [3.8, 4) is 0 Å². The van der Waals surface area contributed by atoms with Crippen molar-refractivity contribution in [1.29, 1.82) is 0 Å². The standard InChI is InChI=1S/C16H14FNO3/c1-9-5-12(8-13(17)6-9)15(19)18-14-4-3-11(16(20)21)7-10(14)2/h3-8H,1-2H3,(H,18,19)(H,20,21). The fraction of sp³-hybridized carbons (Fsp3) is 0.125. The van der Waals surface area contributed by atoms with Gasteiger partial charge in [0, 0.05) is 11.3 Å². The van der Waals surface area contributed by atoms with Gasteiger partial charge in [-0.3, -0.25) is 4.79 Å². The highest BCUT2D eigenvalue weighted by Crippen LogP contribution is 2.18. The lowest BCUT2D eigenvalue weighted by Crippen LogP contribution is -2.13. The van der Waals surface area contributed by atoms with Gasteiger partial charge >= 0.3 is 5.97 Å². The van der Waals surface area contributed by atoms with Crippen LogP contribution in [-0.4, -0.2) is 17.0 Å². The van der Waals surface area contributed by atoms with Crippen LogP contribution < -0.4 is 5.32 Å². The van der Waals surface area contributed by atoms with Crippen LogP contribution in [0.2, 0.25) is 0 Å². The molecule has 0 aliphatic rings. The van der Waals surface area contributed by atoms with E-state index in [1.54, 1.807) is 19.9 Å². The van der Waals surface area contributed by atoms with E-state index in [0.717, 1.165) is 6.07 Å². The third-order valence-electron chi connectivity index (χ3n) is 3.03. The van der Waals surface area contributed by atoms with Gasteiger partial charge in [0.05, 0.1) is 5.56 Å². The first kappa shape index (κ1) is 14.7. The highest BCUT2D eigenvalue weighted by Gasteiger charge is 2.11. The zero-order chi connectivity index (χ0) is 15.6. The number of rotatable bonds is 3. The van der Waals surface area contributed by atoms with Gasteiger partial charge in [0.2, 0.25) is 0 Å². The van der Waals surface area contributed by atoms with Crippen LogP contribution in [-0.2, 0) is 0 Å². The smallest absolute Gasteiger partial charge is 0.335 e. The molecule has 1 amide bonds. The predicted octanol–water partition coefficient (Wildman–Crippen LogP) is 3.39. The third-order valence-corrected chi connectivity index (χ3v) is 3.03. The molecule has 4 nitrogen and oxygen atoms in total. The van der Waals surface area contributed by atoms with Crippen LogP contribution in [0.5, 0.6) is 0 Å². The molecule has 0 atom stereocenters. The molecule has 0 aromatic heterocycles. The van der Waals surface area contributed by atoms with Gasteiger partial charge in [0.1, 0.15) is 5.82 Å². The quantitative estimate of drug-likeness (QED) is 0.909. The molecule has 0 spiro atoms. The van der Waals surface area contributed by atoms with Crippen LogP contribution in [0.4, 0.5) is 10.1 Å². The van der Waals surface area contributed by atoms with E-state index in [9.17, 15) is 14.0 Å². The van der Waals surface area contributed by atoms with Gasteiger partial charge in [-0.1, -0.05) is 0 Å². The molecule has 0 heterocycles. The first-order valence-corrected chi connectivity index (χ1v) is 6.29. The van der Waals surface area contributed by atoms with E-state index in [1.165, 1.54) is 24.3 Å². The van der Waals surface area contributed by atoms with Crippen molar-refractivity contribution in [2.45, 2.75) is 13.8 Å². The lowest BCUT2D eigenvalue weighted by atomic mass is 10.1. The number of aromatic carboxylic acids is 1.